The maximum atomic E-state index is 5.48. The Labute approximate surface area is 161 Å². The summed E-state index contributed by atoms with van der Waals surface area (Å²) >= 11 is 0. The van der Waals surface area contributed by atoms with Gasteiger partial charge in [-0.1, -0.05) is 35.5 Å². The number of aryl methyl sites for hydroxylation is 1. The van der Waals surface area contributed by atoms with Crippen molar-refractivity contribution >= 4 is 11.5 Å². The number of rotatable bonds is 5. The number of nitrogens with zero attached hydrogens (tertiary/aromatic N) is 4. The zero-order valence-electron chi connectivity index (χ0n) is 16.1. The van der Waals surface area contributed by atoms with E-state index in [1.807, 2.05) is 19.2 Å². The Morgan fingerprint density at radius 1 is 1.07 bits per heavy atom. The van der Waals surface area contributed by atoms with Crippen LogP contribution >= 0.6 is 0 Å². The summed E-state index contributed by atoms with van der Waals surface area (Å²) in [7, 11) is 0. The second kappa shape index (κ2) is 8.53. The monoisotopic (exact) mass is 364 g/mol. The molecule has 27 heavy (non-hydrogen) atoms. The van der Waals surface area contributed by atoms with E-state index in [0.717, 1.165) is 57.1 Å². The third-order valence-corrected chi connectivity index (χ3v) is 5.56. The van der Waals surface area contributed by atoms with Gasteiger partial charge in [-0.05, 0) is 37.5 Å². The van der Waals surface area contributed by atoms with Gasteiger partial charge in [-0.25, -0.2) is 4.98 Å². The quantitative estimate of drug-likeness (QED) is 0.764. The van der Waals surface area contributed by atoms with Crippen LogP contribution in [0.4, 0.5) is 5.82 Å². The Morgan fingerprint density at radius 2 is 1.89 bits per heavy atom. The highest BCUT2D eigenvalue weighted by Gasteiger charge is 2.29. The molecule has 2 aliphatic rings. The maximum absolute atomic E-state index is 5.48. The lowest BCUT2D eigenvalue weighted by Crippen LogP contribution is -2.49. The van der Waals surface area contributed by atoms with Crippen molar-refractivity contribution in [1.82, 2.24) is 9.88 Å². The number of anilines is 1. The molecule has 2 heterocycles. The minimum Gasteiger partial charge on any atom is -0.396 e. The number of hydrogen-bond donors (Lipinski definition) is 0. The smallest absolute Gasteiger partial charge is 0.128 e. The summed E-state index contributed by atoms with van der Waals surface area (Å²) < 4.78 is 0. The third kappa shape index (κ3) is 4.14. The van der Waals surface area contributed by atoms with Gasteiger partial charge in [0.15, 0.2) is 0 Å². The van der Waals surface area contributed by atoms with Crippen molar-refractivity contribution in [3.8, 4) is 0 Å². The number of aromatic nitrogens is 1. The molecule has 0 bridgehead atoms. The molecule has 0 N–H and O–H groups in total. The highest BCUT2D eigenvalue weighted by molar-refractivity contribution is 6.04. The summed E-state index contributed by atoms with van der Waals surface area (Å²) in [5, 5.41) is 4.52. The van der Waals surface area contributed by atoms with Gasteiger partial charge in [-0.15, -0.1) is 0 Å². The fourth-order valence-corrected chi connectivity index (χ4v) is 4.12. The topological polar surface area (TPSA) is 41.0 Å². The number of pyridine rings is 1. The average molecular weight is 364 g/mol. The molecule has 142 valence electrons. The summed E-state index contributed by atoms with van der Waals surface area (Å²) in [6.45, 7) is 7.84. The van der Waals surface area contributed by atoms with E-state index in [4.69, 9.17) is 4.84 Å². The second-order valence-corrected chi connectivity index (χ2v) is 7.26. The lowest BCUT2D eigenvalue weighted by atomic mass is 9.82. The van der Waals surface area contributed by atoms with E-state index in [1.165, 1.54) is 11.1 Å². The van der Waals surface area contributed by atoms with Crippen LogP contribution in [0.3, 0.4) is 0 Å². The van der Waals surface area contributed by atoms with E-state index in [-0.39, 0.29) is 0 Å². The minimum atomic E-state index is 0.438. The molecular weight excluding hydrogens is 336 g/mol. The molecular formula is C22H28N4O. The number of benzene rings is 1. The van der Waals surface area contributed by atoms with Crippen LogP contribution in [0.2, 0.25) is 0 Å². The van der Waals surface area contributed by atoms with E-state index < -0.39 is 0 Å². The van der Waals surface area contributed by atoms with E-state index in [2.05, 4.69) is 56.3 Å². The van der Waals surface area contributed by atoms with Crippen LogP contribution in [-0.4, -0.2) is 54.9 Å². The first-order valence-electron chi connectivity index (χ1n) is 10.0. The van der Waals surface area contributed by atoms with Crippen molar-refractivity contribution in [2.24, 2.45) is 11.1 Å². The Hall–Kier alpha value is -2.40. The molecule has 1 fully saturated rings. The minimum absolute atomic E-state index is 0.438. The molecule has 1 aliphatic heterocycles. The Bertz CT molecular complexity index is 769. The van der Waals surface area contributed by atoms with Crippen molar-refractivity contribution < 1.29 is 4.84 Å². The zero-order chi connectivity index (χ0) is 18.5. The number of piperazine rings is 1. The van der Waals surface area contributed by atoms with E-state index in [9.17, 15) is 0 Å². The van der Waals surface area contributed by atoms with Crippen LogP contribution in [-0.2, 0) is 11.3 Å². The zero-order valence-corrected chi connectivity index (χ0v) is 16.1. The van der Waals surface area contributed by atoms with Gasteiger partial charge < -0.3 is 9.74 Å². The van der Waals surface area contributed by atoms with E-state index in [0.29, 0.717) is 12.5 Å². The van der Waals surface area contributed by atoms with Crippen molar-refractivity contribution in [2.75, 3.05) is 44.2 Å². The molecule has 4 rings (SSSR count). The SMILES string of the molecule is CCO/N=C1/c2ccccc2CCC1CN1CCN(c2ccccn2)CC1. The molecule has 1 aromatic carbocycles. The average Bonchev–Trinajstić information content (AvgIpc) is 2.74. The van der Waals surface area contributed by atoms with Gasteiger partial charge in [0, 0.05) is 50.4 Å². The summed E-state index contributed by atoms with van der Waals surface area (Å²) in [4.78, 5) is 14.9. The molecule has 5 nitrogen and oxygen atoms in total. The Morgan fingerprint density at radius 3 is 2.67 bits per heavy atom. The van der Waals surface area contributed by atoms with Crippen molar-refractivity contribution in [2.45, 2.75) is 19.8 Å². The first-order chi connectivity index (χ1) is 13.3. The van der Waals surface area contributed by atoms with E-state index in [1.54, 1.807) is 0 Å². The standard InChI is InChI=1S/C22H28N4O/c1-2-27-24-22-19(11-10-18-7-3-4-8-20(18)22)17-25-13-15-26(16-14-25)21-9-5-6-12-23-21/h3-9,12,19H,2,10-11,13-17H2,1H3/b24-22+. The van der Waals surface area contributed by atoms with Crippen LogP contribution in [0.1, 0.15) is 24.5 Å². The molecule has 0 amide bonds. The molecule has 5 heteroatoms. The van der Waals surface area contributed by atoms with Crippen molar-refractivity contribution in [3.63, 3.8) is 0 Å². The second-order valence-electron chi connectivity index (χ2n) is 7.26. The Balaban J connectivity index is 1.42. The van der Waals surface area contributed by atoms with Gasteiger partial charge in [-0.2, -0.15) is 0 Å². The van der Waals surface area contributed by atoms with E-state index >= 15 is 0 Å². The lowest BCUT2D eigenvalue weighted by molar-refractivity contribution is 0.154. The summed E-state index contributed by atoms with van der Waals surface area (Å²) in [5.41, 5.74) is 3.80. The molecule has 1 unspecified atom stereocenters. The van der Waals surface area contributed by atoms with Crippen molar-refractivity contribution in [3.05, 3.63) is 59.8 Å². The van der Waals surface area contributed by atoms with Crippen LogP contribution in [0.15, 0.2) is 53.8 Å². The fraction of sp³-hybridized carbons (Fsp3) is 0.455. The summed E-state index contributed by atoms with van der Waals surface area (Å²) in [5.74, 6) is 1.52. The highest BCUT2D eigenvalue weighted by Crippen LogP contribution is 2.27. The third-order valence-electron chi connectivity index (χ3n) is 5.56. The van der Waals surface area contributed by atoms with Crippen molar-refractivity contribution in [1.29, 1.82) is 0 Å². The van der Waals surface area contributed by atoms with Gasteiger partial charge in [0.25, 0.3) is 0 Å². The summed E-state index contributed by atoms with van der Waals surface area (Å²) in [6.07, 6.45) is 4.14. The predicted octanol–water partition coefficient (Wildman–Crippen LogP) is 3.21. The van der Waals surface area contributed by atoms with Gasteiger partial charge in [0.1, 0.15) is 12.4 Å². The molecule has 1 aromatic heterocycles. The molecule has 2 aromatic rings. The van der Waals surface area contributed by atoms with Crippen LogP contribution in [0.25, 0.3) is 0 Å². The molecule has 0 saturated carbocycles. The number of fused-ring (bicyclic) bond motifs is 1. The largest absolute Gasteiger partial charge is 0.396 e. The number of oxime groups is 1. The van der Waals surface area contributed by atoms with Crippen LogP contribution in [0.5, 0.6) is 0 Å². The van der Waals surface area contributed by atoms with Gasteiger partial charge in [-0.3, -0.25) is 4.90 Å². The highest BCUT2D eigenvalue weighted by atomic mass is 16.6. The normalized spacial score (nSPS) is 21.9. The van der Waals surface area contributed by atoms with Gasteiger partial charge in [0.05, 0.1) is 5.71 Å². The Kier molecular flexibility index (Phi) is 5.68. The first-order valence-corrected chi connectivity index (χ1v) is 10.0. The fourth-order valence-electron chi connectivity index (χ4n) is 4.12. The molecule has 0 radical (unpaired) electrons. The number of hydrogen-bond acceptors (Lipinski definition) is 5. The van der Waals surface area contributed by atoms with Gasteiger partial charge >= 0.3 is 0 Å². The molecule has 1 saturated heterocycles. The van der Waals surface area contributed by atoms with Crippen LogP contribution < -0.4 is 4.90 Å². The predicted molar refractivity (Wildman–Crippen MR) is 109 cm³/mol. The first kappa shape index (κ1) is 18.0. The molecule has 1 atom stereocenters. The van der Waals surface area contributed by atoms with Crippen LogP contribution in [0, 0.1) is 5.92 Å². The lowest BCUT2D eigenvalue weighted by Gasteiger charge is -2.38. The molecule has 0 spiro atoms. The van der Waals surface area contributed by atoms with Gasteiger partial charge in [0.2, 0.25) is 0 Å². The summed E-state index contributed by atoms with van der Waals surface area (Å²) in [6, 6.07) is 14.8. The molecule has 1 aliphatic carbocycles. The maximum Gasteiger partial charge on any atom is 0.128 e.